The molecule has 1 N–H and O–H groups in total. The van der Waals surface area contributed by atoms with Gasteiger partial charge in [-0.1, -0.05) is 30.3 Å². The maximum atomic E-state index is 4.05. The molecular weight excluding hydrogens is 216 g/mol. The second-order valence-electron chi connectivity index (χ2n) is 2.45. The molecule has 12 heavy (non-hydrogen) atoms. The van der Waals surface area contributed by atoms with Crippen molar-refractivity contribution in [1.29, 1.82) is 0 Å². The van der Waals surface area contributed by atoms with E-state index in [1.165, 1.54) is 0 Å². The molecule has 0 amide bonds. The number of nitrogens with zero attached hydrogens (tertiary/aromatic N) is 1. The van der Waals surface area contributed by atoms with Crippen LogP contribution in [0.5, 0.6) is 0 Å². The summed E-state index contributed by atoms with van der Waals surface area (Å²) in [5, 5.41) is 0. The van der Waals surface area contributed by atoms with Crippen LogP contribution in [0.15, 0.2) is 41.3 Å². The minimum Gasteiger partial charge on any atom is -0.333 e. The molecule has 1 aromatic heterocycles. The summed E-state index contributed by atoms with van der Waals surface area (Å²) in [6, 6.07) is 10.1. The number of nitrogens with one attached hydrogen (secondary N) is 1. The third-order valence-electron chi connectivity index (χ3n) is 1.63. The number of hydrogen-bond donors (Lipinski definition) is 1. The topological polar surface area (TPSA) is 28.7 Å². The Kier molecular flexibility index (Phi) is 1.96. The number of hydrogen-bond acceptors (Lipinski definition) is 1. The fraction of sp³-hybridized carbons (Fsp3) is 0. The molecule has 0 spiro atoms. The van der Waals surface area contributed by atoms with Gasteiger partial charge < -0.3 is 4.98 Å². The first kappa shape index (κ1) is 7.55. The van der Waals surface area contributed by atoms with Crippen LogP contribution in [0.4, 0.5) is 0 Å². The number of aromatic nitrogens is 2. The Morgan fingerprint density at radius 2 is 1.92 bits per heavy atom. The predicted molar refractivity (Wildman–Crippen MR) is 51.7 cm³/mol. The number of benzene rings is 1. The number of aromatic amines is 1. The molecule has 2 nitrogen and oxygen atoms in total. The minimum atomic E-state index is 0.765. The van der Waals surface area contributed by atoms with Crippen molar-refractivity contribution in [2.45, 2.75) is 0 Å². The number of rotatable bonds is 1. The lowest BCUT2D eigenvalue weighted by atomic mass is 10.2. The maximum absolute atomic E-state index is 4.05. The van der Waals surface area contributed by atoms with Gasteiger partial charge in [-0.3, -0.25) is 0 Å². The fourth-order valence-electron chi connectivity index (χ4n) is 1.06. The van der Waals surface area contributed by atoms with Gasteiger partial charge in [-0.2, -0.15) is 0 Å². The second-order valence-corrected chi connectivity index (χ2v) is 3.20. The molecule has 0 saturated heterocycles. The summed E-state index contributed by atoms with van der Waals surface area (Å²) in [7, 11) is 0. The summed E-state index contributed by atoms with van der Waals surface area (Å²) in [4.78, 5) is 7.15. The average Bonchev–Trinajstić information content (AvgIpc) is 2.54. The molecule has 0 aliphatic carbocycles. The molecule has 60 valence electrons. The van der Waals surface area contributed by atoms with Gasteiger partial charge in [0.05, 0.1) is 11.9 Å². The third-order valence-corrected chi connectivity index (χ3v) is 2.03. The van der Waals surface area contributed by atoms with Gasteiger partial charge in [0.15, 0.2) is 4.73 Å². The number of H-pyrrole nitrogens is 1. The number of imidazole rings is 1. The van der Waals surface area contributed by atoms with Crippen LogP contribution in [0.2, 0.25) is 0 Å². The van der Waals surface area contributed by atoms with Gasteiger partial charge in [0.1, 0.15) is 0 Å². The molecule has 3 heteroatoms. The zero-order valence-corrected chi connectivity index (χ0v) is 7.88. The largest absolute Gasteiger partial charge is 0.333 e. The van der Waals surface area contributed by atoms with E-state index < -0.39 is 0 Å². The highest BCUT2D eigenvalue weighted by molar-refractivity contribution is 9.10. The van der Waals surface area contributed by atoms with Crippen LogP contribution >= 0.6 is 15.9 Å². The van der Waals surface area contributed by atoms with Gasteiger partial charge in [0, 0.05) is 0 Å². The van der Waals surface area contributed by atoms with Crippen LogP contribution in [-0.4, -0.2) is 9.97 Å². The van der Waals surface area contributed by atoms with Crippen LogP contribution in [0, 0.1) is 0 Å². The normalized spacial score (nSPS) is 10.1. The van der Waals surface area contributed by atoms with Crippen molar-refractivity contribution in [3.05, 3.63) is 41.3 Å². The highest BCUT2D eigenvalue weighted by Crippen LogP contribution is 2.17. The number of halogens is 1. The van der Waals surface area contributed by atoms with E-state index in [1.807, 2.05) is 30.3 Å². The smallest absolute Gasteiger partial charge is 0.174 e. The monoisotopic (exact) mass is 222 g/mol. The van der Waals surface area contributed by atoms with Crippen molar-refractivity contribution < 1.29 is 0 Å². The zero-order valence-electron chi connectivity index (χ0n) is 6.29. The summed E-state index contributed by atoms with van der Waals surface area (Å²) in [6.45, 7) is 0. The zero-order chi connectivity index (χ0) is 8.39. The highest BCUT2D eigenvalue weighted by atomic mass is 79.9. The first-order valence-corrected chi connectivity index (χ1v) is 4.41. The van der Waals surface area contributed by atoms with E-state index in [0.717, 1.165) is 16.0 Å². The molecule has 2 aromatic rings. The molecule has 0 saturated carbocycles. The molecule has 1 heterocycles. The maximum Gasteiger partial charge on any atom is 0.174 e. The Morgan fingerprint density at radius 3 is 2.50 bits per heavy atom. The first-order chi connectivity index (χ1) is 5.86. The van der Waals surface area contributed by atoms with E-state index in [0.29, 0.717) is 0 Å². The van der Waals surface area contributed by atoms with Crippen LogP contribution in [0.25, 0.3) is 11.3 Å². The molecule has 0 fully saturated rings. The highest BCUT2D eigenvalue weighted by Gasteiger charge is 1.98. The summed E-state index contributed by atoms with van der Waals surface area (Å²) >= 11 is 3.26. The molecule has 0 atom stereocenters. The molecule has 0 radical (unpaired) electrons. The summed E-state index contributed by atoms with van der Waals surface area (Å²) in [5.74, 6) is 0. The SMILES string of the molecule is Brc1ncc(-c2ccccc2)[nH]1. The Morgan fingerprint density at radius 1 is 1.17 bits per heavy atom. The molecule has 1 aromatic carbocycles. The van der Waals surface area contributed by atoms with Gasteiger partial charge in [-0.25, -0.2) is 4.98 Å². The lowest BCUT2D eigenvalue weighted by Gasteiger charge is -1.93. The Hall–Kier alpha value is -1.09. The average molecular weight is 223 g/mol. The van der Waals surface area contributed by atoms with E-state index in [4.69, 9.17) is 0 Å². The first-order valence-electron chi connectivity index (χ1n) is 3.62. The Balaban J connectivity index is 2.45. The summed E-state index contributed by atoms with van der Waals surface area (Å²) in [5.41, 5.74) is 2.18. The molecule has 0 aliphatic rings. The second kappa shape index (κ2) is 3.11. The van der Waals surface area contributed by atoms with Crippen molar-refractivity contribution in [2.75, 3.05) is 0 Å². The third kappa shape index (κ3) is 1.41. The van der Waals surface area contributed by atoms with E-state index >= 15 is 0 Å². The quantitative estimate of drug-likeness (QED) is 0.791. The van der Waals surface area contributed by atoms with Crippen LogP contribution < -0.4 is 0 Å². The summed E-state index contributed by atoms with van der Waals surface area (Å²) in [6.07, 6.45) is 1.80. The van der Waals surface area contributed by atoms with Gasteiger partial charge in [0.25, 0.3) is 0 Å². The van der Waals surface area contributed by atoms with Gasteiger partial charge in [0.2, 0.25) is 0 Å². The fourth-order valence-corrected chi connectivity index (χ4v) is 1.38. The molecule has 0 unspecified atom stereocenters. The Bertz CT molecular complexity index is 367. The molecular formula is C9H7BrN2. The standard InChI is InChI=1S/C9H7BrN2/c10-9-11-6-8(12-9)7-4-2-1-3-5-7/h1-6H,(H,11,12). The van der Waals surface area contributed by atoms with E-state index in [2.05, 4.69) is 25.9 Å². The van der Waals surface area contributed by atoms with Crippen molar-refractivity contribution in [3.8, 4) is 11.3 Å². The van der Waals surface area contributed by atoms with Gasteiger partial charge in [-0.15, -0.1) is 0 Å². The minimum absolute atomic E-state index is 0.765. The predicted octanol–water partition coefficient (Wildman–Crippen LogP) is 2.84. The van der Waals surface area contributed by atoms with Gasteiger partial charge in [-0.05, 0) is 21.5 Å². The van der Waals surface area contributed by atoms with Crippen molar-refractivity contribution in [3.63, 3.8) is 0 Å². The van der Waals surface area contributed by atoms with Crippen LogP contribution in [-0.2, 0) is 0 Å². The van der Waals surface area contributed by atoms with E-state index in [-0.39, 0.29) is 0 Å². The van der Waals surface area contributed by atoms with Crippen molar-refractivity contribution in [2.24, 2.45) is 0 Å². The lowest BCUT2D eigenvalue weighted by molar-refractivity contribution is 1.24. The molecule has 0 aliphatic heterocycles. The molecule has 0 bridgehead atoms. The van der Waals surface area contributed by atoms with Crippen LogP contribution in [0.1, 0.15) is 0 Å². The van der Waals surface area contributed by atoms with E-state index in [1.54, 1.807) is 6.20 Å². The van der Waals surface area contributed by atoms with Crippen molar-refractivity contribution >= 4 is 15.9 Å². The summed E-state index contributed by atoms with van der Waals surface area (Å²) < 4.78 is 0.765. The molecule has 2 rings (SSSR count). The van der Waals surface area contributed by atoms with Crippen molar-refractivity contribution in [1.82, 2.24) is 9.97 Å². The van der Waals surface area contributed by atoms with Gasteiger partial charge >= 0.3 is 0 Å². The van der Waals surface area contributed by atoms with E-state index in [9.17, 15) is 0 Å². The Labute approximate surface area is 78.8 Å². The van der Waals surface area contributed by atoms with Crippen LogP contribution in [0.3, 0.4) is 0 Å². The lowest BCUT2D eigenvalue weighted by Crippen LogP contribution is -1.74.